The number of hydrogen-bond acceptors (Lipinski definition) is 7. The number of nitro groups is 2. The van der Waals surface area contributed by atoms with Crippen LogP contribution in [0.4, 0.5) is 17.1 Å². The summed E-state index contributed by atoms with van der Waals surface area (Å²) in [6, 6.07) is 20.2. The molecule has 0 aromatic heterocycles. The lowest BCUT2D eigenvalue weighted by Gasteiger charge is -2.07. The second kappa shape index (κ2) is 9.09. The first-order valence-corrected chi connectivity index (χ1v) is 8.51. The van der Waals surface area contributed by atoms with Crippen LogP contribution in [0, 0.1) is 20.2 Å². The van der Waals surface area contributed by atoms with Gasteiger partial charge < -0.3 is 4.74 Å². The van der Waals surface area contributed by atoms with Crippen LogP contribution in [0.25, 0.3) is 0 Å². The van der Waals surface area contributed by atoms with E-state index in [2.05, 4.69) is 10.5 Å². The van der Waals surface area contributed by atoms with Crippen LogP contribution in [0.15, 0.2) is 77.9 Å². The fourth-order valence-corrected chi connectivity index (χ4v) is 2.48. The summed E-state index contributed by atoms with van der Waals surface area (Å²) in [7, 11) is 0. The van der Waals surface area contributed by atoms with E-state index in [0.717, 1.165) is 11.6 Å². The van der Waals surface area contributed by atoms with E-state index in [9.17, 15) is 20.2 Å². The highest BCUT2D eigenvalue weighted by molar-refractivity contribution is 5.81. The smallest absolute Gasteiger partial charge is 0.301 e. The molecule has 1 N–H and O–H groups in total. The fraction of sp³-hybridized carbons (Fsp3) is 0.0500. The number of ether oxygens (including phenoxy) is 1. The Balaban J connectivity index is 1.67. The predicted molar refractivity (Wildman–Crippen MR) is 108 cm³/mol. The summed E-state index contributed by atoms with van der Waals surface area (Å²) in [5, 5.41) is 25.9. The molecular weight excluding hydrogens is 376 g/mol. The molecule has 0 spiro atoms. The first kappa shape index (κ1) is 19.5. The van der Waals surface area contributed by atoms with Crippen molar-refractivity contribution in [3.8, 4) is 5.75 Å². The molecule has 9 heteroatoms. The maximum Gasteiger partial charge on any atom is 0.301 e. The van der Waals surface area contributed by atoms with Crippen molar-refractivity contribution in [3.63, 3.8) is 0 Å². The van der Waals surface area contributed by atoms with Gasteiger partial charge in [-0.3, -0.25) is 25.7 Å². The Morgan fingerprint density at radius 2 is 1.72 bits per heavy atom. The van der Waals surface area contributed by atoms with Crippen LogP contribution in [-0.2, 0) is 6.61 Å². The summed E-state index contributed by atoms with van der Waals surface area (Å²) in [4.78, 5) is 20.5. The lowest BCUT2D eigenvalue weighted by molar-refractivity contribution is -0.393. The first-order chi connectivity index (χ1) is 14.0. The molecular formula is C20H16N4O5. The third-order valence-corrected chi connectivity index (χ3v) is 3.89. The first-order valence-electron chi connectivity index (χ1n) is 8.51. The second-order valence-electron chi connectivity index (χ2n) is 5.93. The molecule has 0 atom stereocenters. The normalized spacial score (nSPS) is 10.6. The third kappa shape index (κ3) is 5.36. The van der Waals surface area contributed by atoms with Crippen LogP contribution in [0.3, 0.4) is 0 Å². The zero-order valence-electron chi connectivity index (χ0n) is 15.1. The van der Waals surface area contributed by atoms with Gasteiger partial charge in [0.05, 0.1) is 22.1 Å². The summed E-state index contributed by atoms with van der Waals surface area (Å²) in [5.41, 5.74) is 3.56. The highest BCUT2D eigenvalue weighted by Crippen LogP contribution is 2.28. The van der Waals surface area contributed by atoms with Crippen molar-refractivity contribution in [3.05, 3.63) is 104 Å². The monoisotopic (exact) mass is 392 g/mol. The molecule has 0 radical (unpaired) electrons. The van der Waals surface area contributed by atoms with E-state index in [1.54, 1.807) is 18.2 Å². The molecule has 0 saturated heterocycles. The molecule has 0 aliphatic heterocycles. The van der Waals surface area contributed by atoms with Crippen molar-refractivity contribution >= 4 is 23.3 Å². The summed E-state index contributed by atoms with van der Waals surface area (Å²) in [6.07, 6.45) is 1.47. The molecule has 3 rings (SSSR count). The van der Waals surface area contributed by atoms with E-state index >= 15 is 0 Å². The minimum atomic E-state index is -0.705. The SMILES string of the molecule is O=[N+]([O-])c1ccc(N/N=C/c2cccc(OCc3ccccc3)c2)c([N+](=O)[O-])c1. The van der Waals surface area contributed by atoms with Crippen LogP contribution in [-0.4, -0.2) is 16.1 Å². The number of non-ortho nitro benzene ring substituents is 1. The Kier molecular flexibility index (Phi) is 6.11. The topological polar surface area (TPSA) is 120 Å². The molecule has 146 valence electrons. The van der Waals surface area contributed by atoms with Gasteiger partial charge in [-0.05, 0) is 29.3 Å². The summed E-state index contributed by atoms with van der Waals surface area (Å²) >= 11 is 0. The molecule has 29 heavy (non-hydrogen) atoms. The van der Waals surface area contributed by atoms with Gasteiger partial charge in [0, 0.05) is 6.07 Å². The second-order valence-corrected chi connectivity index (χ2v) is 5.93. The Morgan fingerprint density at radius 1 is 0.931 bits per heavy atom. The molecule has 0 fully saturated rings. The minimum absolute atomic E-state index is 0.0494. The van der Waals surface area contributed by atoms with Gasteiger partial charge in [0.1, 0.15) is 18.0 Å². The molecule has 0 aliphatic carbocycles. The van der Waals surface area contributed by atoms with Gasteiger partial charge in [0.25, 0.3) is 5.69 Å². The van der Waals surface area contributed by atoms with E-state index < -0.39 is 15.5 Å². The van der Waals surface area contributed by atoms with Gasteiger partial charge in [-0.2, -0.15) is 5.10 Å². The van der Waals surface area contributed by atoms with Crippen molar-refractivity contribution in [2.24, 2.45) is 5.10 Å². The van der Waals surface area contributed by atoms with Gasteiger partial charge in [-0.25, -0.2) is 0 Å². The molecule has 3 aromatic carbocycles. The minimum Gasteiger partial charge on any atom is -0.489 e. The average molecular weight is 392 g/mol. The molecule has 0 unspecified atom stereocenters. The molecule has 0 amide bonds. The van der Waals surface area contributed by atoms with Crippen LogP contribution < -0.4 is 10.2 Å². The highest BCUT2D eigenvalue weighted by atomic mass is 16.6. The van der Waals surface area contributed by atoms with Gasteiger partial charge in [-0.15, -0.1) is 0 Å². The number of rotatable bonds is 8. The zero-order valence-corrected chi connectivity index (χ0v) is 15.1. The number of nitrogens with one attached hydrogen (secondary N) is 1. The number of nitro benzene ring substituents is 2. The van der Waals surface area contributed by atoms with E-state index in [1.165, 1.54) is 18.3 Å². The lowest BCUT2D eigenvalue weighted by atomic mass is 10.2. The van der Waals surface area contributed by atoms with Gasteiger partial charge in [0.15, 0.2) is 0 Å². The van der Waals surface area contributed by atoms with Crippen molar-refractivity contribution in [2.45, 2.75) is 6.61 Å². The molecule has 0 heterocycles. The van der Waals surface area contributed by atoms with Gasteiger partial charge >= 0.3 is 5.69 Å². The largest absolute Gasteiger partial charge is 0.489 e. The maximum absolute atomic E-state index is 11.1. The van der Waals surface area contributed by atoms with E-state index in [1.807, 2.05) is 36.4 Å². The number of anilines is 1. The van der Waals surface area contributed by atoms with E-state index in [0.29, 0.717) is 17.9 Å². The molecule has 0 aliphatic rings. The van der Waals surface area contributed by atoms with Crippen molar-refractivity contribution in [2.75, 3.05) is 5.43 Å². The average Bonchev–Trinajstić information content (AvgIpc) is 2.73. The highest BCUT2D eigenvalue weighted by Gasteiger charge is 2.19. The standard InChI is InChI=1S/C20H16N4O5/c25-23(26)17-9-10-19(20(12-17)24(27)28)22-21-13-16-7-4-8-18(11-16)29-14-15-5-2-1-3-6-15/h1-13,22H,14H2/b21-13+. The summed E-state index contributed by atoms with van der Waals surface area (Å²) < 4.78 is 5.75. The van der Waals surface area contributed by atoms with Crippen LogP contribution in [0.1, 0.15) is 11.1 Å². The number of nitrogens with zero attached hydrogens (tertiary/aromatic N) is 3. The van der Waals surface area contributed by atoms with Crippen LogP contribution in [0.5, 0.6) is 5.75 Å². The Bertz CT molecular complexity index is 1050. The number of hydrogen-bond donors (Lipinski definition) is 1. The fourth-order valence-electron chi connectivity index (χ4n) is 2.48. The summed E-state index contributed by atoms with van der Waals surface area (Å²) in [6.45, 7) is 0.425. The molecule has 9 nitrogen and oxygen atoms in total. The Hall–Kier alpha value is -4.27. The Morgan fingerprint density at radius 3 is 2.45 bits per heavy atom. The van der Waals surface area contributed by atoms with Crippen molar-refractivity contribution < 1.29 is 14.6 Å². The van der Waals surface area contributed by atoms with E-state index in [4.69, 9.17) is 4.74 Å². The zero-order chi connectivity index (χ0) is 20.6. The molecule has 0 bridgehead atoms. The van der Waals surface area contributed by atoms with E-state index in [-0.39, 0.29) is 11.4 Å². The predicted octanol–water partition coefficient (Wildman–Crippen LogP) is 4.53. The molecule has 3 aromatic rings. The lowest BCUT2D eigenvalue weighted by Crippen LogP contribution is -1.99. The third-order valence-electron chi connectivity index (χ3n) is 3.89. The van der Waals surface area contributed by atoms with Crippen LogP contribution >= 0.6 is 0 Å². The maximum atomic E-state index is 11.1. The van der Waals surface area contributed by atoms with Gasteiger partial charge in [0.2, 0.25) is 0 Å². The van der Waals surface area contributed by atoms with Gasteiger partial charge in [-0.1, -0.05) is 42.5 Å². The number of benzene rings is 3. The van der Waals surface area contributed by atoms with Crippen molar-refractivity contribution in [1.82, 2.24) is 0 Å². The van der Waals surface area contributed by atoms with Crippen molar-refractivity contribution in [1.29, 1.82) is 0 Å². The molecule has 0 saturated carbocycles. The number of hydrazone groups is 1. The van der Waals surface area contributed by atoms with Crippen LogP contribution in [0.2, 0.25) is 0 Å². The Labute approximate surface area is 165 Å². The summed E-state index contributed by atoms with van der Waals surface area (Å²) in [5.74, 6) is 0.652. The quantitative estimate of drug-likeness (QED) is 0.342.